The molecule has 146 valence electrons. The van der Waals surface area contributed by atoms with Crippen LogP contribution in [0.3, 0.4) is 0 Å². The van der Waals surface area contributed by atoms with Crippen LogP contribution in [0.15, 0.2) is 24.5 Å². The first-order chi connectivity index (χ1) is 12.8. The molecule has 2 heterocycles. The predicted octanol–water partition coefficient (Wildman–Crippen LogP) is 2.77. The van der Waals surface area contributed by atoms with Crippen LogP contribution >= 0.6 is 11.3 Å². The molecule has 2 rings (SSSR count). The van der Waals surface area contributed by atoms with Crippen molar-refractivity contribution in [1.29, 1.82) is 0 Å². The number of likely N-dealkylation sites (N-methyl/N-ethyl adjacent to an activating group) is 1. The molecule has 0 aliphatic carbocycles. The Morgan fingerprint density at radius 3 is 2.56 bits per heavy atom. The fourth-order valence-corrected chi connectivity index (χ4v) is 3.25. The topological polar surface area (TPSA) is 84.3 Å². The normalized spacial score (nSPS) is 11.0. The SMILES string of the molecule is Cc1ccc(C(=O)CCC(=O)CCC(=O)Nc2cnn(CCN(C)C)c2)s1. The number of anilines is 1. The minimum Gasteiger partial charge on any atom is -0.323 e. The van der Waals surface area contributed by atoms with E-state index in [9.17, 15) is 14.4 Å². The number of carbonyl (C=O) groups excluding carboxylic acids is 3. The van der Waals surface area contributed by atoms with Gasteiger partial charge in [0.05, 0.1) is 23.3 Å². The number of amides is 1. The zero-order valence-electron chi connectivity index (χ0n) is 16.0. The molecule has 1 amide bonds. The molecule has 7 nitrogen and oxygen atoms in total. The van der Waals surface area contributed by atoms with Gasteiger partial charge in [-0.1, -0.05) is 0 Å². The Kier molecular flexibility index (Phi) is 7.87. The smallest absolute Gasteiger partial charge is 0.224 e. The van der Waals surface area contributed by atoms with Crippen molar-refractivity contribution in [2.75, 3.05) is 26.0 Å². The van der Waals surface area contributed by atoms with Crippen LogP contribution in [0.2, 0.25) is 0 Å². The lowest BCUT2D eigenvalue weighted by Crippen LogP contribution is -2.18. The zero-order chi connectivity index (χ0) is 19.8. The van der Waals surface area contributed by atoms with Crippen LogP contribution in [0.25, 0.3) is 0 Å². The fraction of sp³-hybridized carbons (Fsp3) is 0.474. The molecule has 8 heteroatoms. The molecule has 0 radical (unpaired) electrons. The number of carbonyl (C=O) groups is 3. The lowest BCUT2D eigenvalue weighted by Gasteiger charge is -2.08. The van der Waals surface area contributed by atoms with Crippen molar-refractivity contribution >= 4 is 34.5 Å². The molecule has 0 aliphatic rings. The lowest BCUT2D eigenvalue weighted by atomic mass is 10.1. The summed E-state index contributed by atoms with van der Waals surface area (Å²) in [6.45, 7) is 3.53. The van der Waals surface area contributed by atoms with E-state index in [2.05, 4.69) is 15.3 Å². The molecular formula is C19H26N4O3S. The maximum atomic E-state index is 12.0. The van der Waals surface area contributed by atoms with E-state index in [4.69, 9.17) is 0 Å². The second-order valence-corrected chi connectivity index (χ2v) is 8.00. The number of hydrogen-bond acceptors (Lipinski definition) is 6. The molecule has 0 aliphatic heterocycles. The van der Waals surface area contributed by atoms with Crippen molar-refractivity contribution in [3.63, 3.8) is 0 Å². The number of rotatable bonds is 11. The second kappa shape index (κ2) is 10.1. The summed E-state index contributed by atoms with van der Waals surface area (Å²) < 4.78 is 1.76. The number of aryl methyl sites for hydroxylation is 1. The highest BCUT2D eigenvalue weighted by molar-refractivity contribution is 7.14. The Balaban J connectivity index is 1.67. The number of Topliss-reactive ketones (excluding diaryl/α,β-unsaturated/α-hetero) is 2. The molecule has 0 atom stereocenters. The number of hydrogen-bond donors (Lipinski definition) is 1. The Bertz CT molecular complexity index is 794. The van der Waals surface area contributed by atoms with Crippen LogP contribution in [-0.2, 0) is 16.1 Å². The molecule has 1 N–H and O–H groups in total. The lowest BCUT2D eigenvalue weighted by molar-refractivity contribution is -0.122. The summed E-state index contributed by atoms with van der Waals surface area (Å²) in [7, 11) is 3.97. The zero-order valence-corrected chi connectivity index (χ0v) is 16.8. The molecule has 0 fully saturated rings. The highest BCUT2D eigenvalue weighted by Crippen LogP contribution is 2.18. The van der Waals surface area contributed by atoms with E-state index in [1.165, 1.54) is 11.3 Å². The maximum absolute atomic E-state index is 12.0. The monoisotopic (exact) mass is 390 g/mol. The standard InChI is InChI=1S/C19H26N4O3S/c1-14-4-8-18(27-14)17(25)7-5-16(24)6-9-19(26)21-15-12-20-23(13-15)11-10-22(2)3/h4,8,12-13H,5-7,9-11H2,1-3H3,(H,21,26). The highest BCUT2D eigenvalue weighted by atomic mass is 32.1. The first-order valence-electron chi connectivity index (χ1n) is 8.92. The van der Waals surface area contributed by atoms with Gasteiger partial charge in [-0.3, -0.25) is 19.1 Å². The first-order valence-corrected chi connectivity index (χ1v) is 9.73. The van der Waals surface area contributed by atoms with Crippen LogP contribution < -0.4 is 5.32 Å². The minimum atomic E-state index is -0.226. The van der Waals surface area contributed by atoms with Crippen LogP contribution in [0.1, 0.15) is 40.2 Å². The maximum Gasteiger partial charge on any atom is 0.224 e. The molecule has 0 saturated carbocycles. The van der Waals surface area contributed by atoms with E-state index in [0.29, 0.717) is 10.6 Å². The van der Waals surface area contributed by atoms with Gasteiger partial charge in [0.25, 0.3) is 0 Å². The number of nitrogens with one attached hydrogen (secondary N) is 1. The summed E-state index contributed by atoms with van der Waals surface area (Å²) >= 11 is 1.44. The van der Waals surface area contributed by atoms with Gasteiger partial charge in [0.2, 0.25) is 5.91 Å². The van der Waals surface area contributed by atoms with Crippen molar-refractivity contribution in [2.45, 2.75) is 39.2 Å². The van der Waals surface area contributed by atoms with E-state index in [1.807, 2.05) is 27.1 Å². The molecule has 0 bridgehead atoms. The summed E-state index contributed by atoms with van der Waals surface area (Å²) in [5, 5.41) is 6.93. The Morgan fingerprint density at radius 1 is 1.15 bits per heavy atom. The van der Waals surface area contributed by atoms with Crippen LogP contribution in [0.5, 0.6) is 0 Å². The van der Waals surface area contributed by atoms with E-state index in [1.54, 1.807) is 23.1 Å². The minimum absolute atomic E-state index is 0.0176. The number of aromatic nitrogens is 2. The third-order valence-corrected chi connectivity index (χ3v) is 5.01. The summed E-state index contributed by atoms with van der Waals surface area (Å²) in [5.74, 6) is -0.319. The number of thiophene rings is 1. The third-order valence-electron chi connectivity index (χ3n) is 3.97. The Morgan fingerprint density at radius 2 is 1.89 bits per heavy atom. The first kappa shape index (κ1) is 21.0. The third kappa shape index (κ3) is 7.44. The molecular weight excluding hydrogens is 364 g/mol. The van der Waals surface area contributed by atoms with Crippen molar-refractivity contribution in [1.82, 2.24) is 14.7 Å². The largest absolute Gasteiger partial charge is 0.323 e. The molecule has 0 unspecified atom stereocenters. The van der Waals surface area contributed by atoms with E-state index in [-0.39, 0.29) is 43.2 Å². The van der Waals surface area contributed by atoms with E-state index < -0.39 is 0 Å². The van der Waals surface area contributed by atoms with Crippen molar-refractivity contribution in [3.8, 4) is 0 Å². The van der Waals surface area contributed by atoms with Gasteiger partial charge >= 0.3 is 0 Å². The van der Waals surface area contributed by atoms with Crippen LogP contribution in [0, 0.1) is 6.92 Å². The van der Waals surface area contributed by atoms with Gasteiger partial charge in [-0.25, -0.2) is 0 Å². The molecule has 0 saturated heterocycles. The number of ketones is 2. The highest BCUT2D eigenvalue weighted by Gasteiger charge is 2.13. The van der Waals surface area contributed by atoms with Crippen LogP contribution in [-0.4, -0.2) is 52.8 Å². The van der Waals surface area contributed by atoms with Crippen molar-refractivity contribution in [2.24, 2.45) is 0 Å². The summed E-state index contributed by atoms with van der Waals surface area (Å²) in [5.41, 5.74) is 0.620. The predicted molar refractivity (Wildman–Crippen MR) is 106 cm³/mol. The number of nitrogens with zero attached hydrogens (tertiary/aromatic N) is 3. The summed E-state index contributed by atoms with van der Waals surface area (Å²) in [6, 6.07) is 3.69. The fourth-order valence-electron chi connectivity index (χ4n) is 2.41. The average Bonchev–Trinajstić information content (AvgIpc) is 3.25. The molecule has 0 spiro atoms. The molecule has 27 heavy (non-hydrogen) atoms. The summed E-state index contributed by atoms with van der Waals surface area (Å²) in [4.78, 5) is 39.7. The van der Waals surface area contributed by atoms with E-state index >= 15 is 0 Å². The average molecular weight is 391 g/mol. The van der Waals surface area contributed by atoms with Gasteiger partial charge in [-0.2, -0.15) is 5.10 Å². The summed E-state index contributed by atoms with van der Waals surface area (Å²) in [6.07, 6.45) is 3.97. The molecule has 2 aromatic rings. The van der Waals surface area contributed by atoms with Gasteiger partial charge in [-0.05, 0) is 33.2 Å². The van der Waals surface area contributed by atoms with E-state index in [0.717, 1.165) is 18.0 Å². The molecule has 2 aromatic heterocycles. The van der Waals surface area contributed by atoms with Gasteiger partial charge in [0, 0.05) is 43.3 Å². The van der Waals surface area contributed by atoms with Gasteiger partial charge in [-0.15, -0.1) is 11.3 Å². The van der Waals surface area contributed by atoms with Crippen molar-refractivity contribution < 1.29 is 14.4 Å². The second-order valence-electron chi connectivity index (χ2n) is 6.72. The van der Waals surface area contributed by atoms with Crippen LogP contribution in [0.4, 0.5) is 5.69 Å². The molecule has 0 aromatic carbocycles. The van der Waals surface area contributed by atoms with Gasteiger partial charge in [0.15, 0.2) is 5.78 Å². The van der Waals surface area contributed by atoms with Gasteiger partial charge < -0.3 is 10.2 Å². The Hall–Kier alpha value is -2.32. The Labute approximate surface area is 163 Å². The van der Waals surface area contributed by atoms with Crippen molar-refractivity contribution in [3.05, 3.63) is 34.3 Å². The quantitative estimate of drug-likeness (QED) is 0.597. The van der Waals surface area contributed by atoms with Gasteiger partial charge in [0.1, 0.15) is 5.78 Å².